The molecule has 17 heavy (non-hydrogen) atoms. The van der Waals surface area contributed by atoms with E-state index in [-0.39, 0.29) is 12.2 Å². The highest BCUT2D eigenvalue weighted by Crippen LogP contribution is 2.07. The molecule has 1 atom stereocenters. The van der Waals surface area contributed by atoms with Gasteiger partial charge in [-0.25, -0.2) is 0 Å². The lowest BCUT2D eigenvalue weighted by Gasteiger charge is -2.28. The van der Waals surface area contributed by atoms with Gasteiger partial charge in [-0.05, 0) is 26.2 Å². The van der Waals surface area contributed by atoms with Crippen molar-refractivity contribution in [2.45, 2.75) is 72.4 Å². The van der Waals surface area contributed by atoms with Crippen molar-refractivity contribution in [3.8, 4) is 0 Å². The second-order valence-corrected chi connectivity index (χ2v) is 4.58. The molecule has 0 aliphatic carbocycles. The maximum absolute atomic E-state index is 11.5. The van der Waals surface area contributed by atoms with Crippen LogP contribution < -0.4 is 0 Å². The summed E-state index contributed by atoms with van der Waals surface area (Å²) in [7, 11) is 0. The summed E-state index contributed by atoms with van der Waals surface area (Å²) in [5.41, 5.74) is 0. The van der Waals surface area contributed by atoms with Gasteiger partial charge in [0.05, 0.1) is 0 Å². The van der Waals surface area contributed by atoms with Crippen LogP contribution in [-0.4, -0.2) is 30.2 Å². The third-order valence-corrected chi connectivity index (χ3v) is 2.87. The summed E-state index contributed by atoms with van der Waals surface area (Å²) < 4.78 is 5.43. The smallest absolute Gasteiger partial charge is 0.307 e. The molecule has 0 fully saturated rings. The molecule has 1 unspecified atom stereocenters. The Kier molecular flexibility index (Phi) is 10.2. The fourth-order valence-electron chi connectivity index (χ4n) is 1.73. The molecule has 0 rings (SSSR count). The monoisotopic (exact) mass is 243 g/mol. The molecule has 102 valence electrons. The summed E-state index contributed by atoms with van der Waals surface area (Å²) in [6, 6.07) is 0. The lowest BCUT2D eigenvalue weighted by atomic mass is 10.2. The van der Waals surface area contributed by atoms with E-state index < -0.39 is 0 Å². The SMILES string of the molecule is CCCCN(CCCC)C(C)OC(=O)CCC. The number of carbonyl (C=O) groups is 1. The van der Waals surface area contributed by atoms with Crippen molar-refractivity contribution in [3.63, 3.8) is 0 Å². The van der Waals surface area contributed by atoms with E-state index in [9.17, 15) is 4.79 Å². The molecule has 0 heterocycles. The summed E-state index contributed by atoms with van der Waals surface area (Å²) >= 11 is 0. The number of esters is 1. The van der Waals surface area contributed by atoms with Crippen LogP contribution in [0.4, 0.5) is 0 Å². The van der Waals surface area contributed by atoms with E-state index >= 15 is 0 Å². The molecule has 0 radical (unpaired) electrons. The van der Waals surface area contributed by atoms with Crippen LogP contribution in [0, 0.1) is 0 Å². The van der Waals surface area contributed by atoms with Crippen molar-refractivity contribution in [1.29, 1.82) is 0 Å². The van der Waals surface area contributed by atoms with E-state index in [1.54, 1.807) is 0 Å². The Labute approximate surface area is 107 Å². The van der Waals surface area contributed by atoms with Gasteiger partial charge in [0.25, 0.3) is 0 Å². The zero-order chi connectivity index (χ0) is 13.1. The number of ether oxygens (including phenoxy) is 1. The van der Waals surface area contributed by atoms with Crippen LogP contribution in [0.5, 0.6) is 0 Å². The molecule has 0 saturated carbocycles. The third-order valence-electron chi connectivity index (χ3n) is 2.87. The molecule has 3 heteroatoms. The van der Waals surface area contributed by atoms with Gasteiger partial charge in [0.15, 0.2) is 6.23 Å². The molecule has 0 aromatic carbocycles. The summed E-state index contributed by atoms with van der Waals surface area (Å²) in [5.74, 6) is -0.0713. The van der Waals surface area contributed by atoms with Crippen LogP contribution in [0.15, 0.2) is 0 Å². The Bertz CT molecular complexity index is 187. The van der Waals surface area contributed by atoms with Gasteiger partial charge in [-0.1, -0.05) is 33.6 Å². The van der Waals surface area contributed by atoms with Crippen LogP contribution >= 0.6 is 0 Å². The zero-order valence-electron chi connectivity index (χ0n) is 12.0. The minimum atomic E-state index is -0.0767. The quantitative estimate of drug-likeness (QED) is 0.434. The van der Waals surface area contributed by atoms with Gasteiger partial charge in [0.2, 0.25) is 0 Å². The fraction of sp³-hybridized carbons (Fsp3) is 0.929. The van der Waals surface area contributed by atoms with Gasteiger partial charge >= 0.3 is 5.97 Å². The Morgan fingerprint density at radius 1 is 1.06 bits per heavy atom. The van der Waals surface area contributed by atoms with E-state index in [1.165, 1.54) is 25.7 Å². The van der Waals surface area contributed by atoms with E-state index in [0.717, 1.165) is 19.5 Å². The van der Waals surface area contributed by atoms with E-state index in [0.29, 0.717) is 6.42 Å². The van der Waals surface area contributed by atoms with Gasteiger partial charge in [-0.2, -0.15) is 0 Å². The first-order chi connectivity index (χ1) is 8.15. The van der Waals surface area contributed by atoms with E-state index in [2.05, 4.69) is 18.7 Å². The summed E-state index contributed by atoms with van der Waals surface area (Å²) in [5, 5.41) is 0. The number of unbranched alkanes of at least 4 members (excludes halogenated alkanes) is 2. The molecular weight excluding hydrogens is 214 g/mol. The van der Waals surface area contributed by atoms with Crippen molar-refractivity contribution < 1.29 is 9.53 Å². The molecule has 0 N–H and O–H groups in total. The molecule has 0 aromatic rings. The highest BCUT2D eigenvalue weighted by atomic mass is 16.6. The average molecular weight is 243 g/mol. The average Bonchev–Trinajstić information content (AvgIpc) is 2.29. The summed E-state index contributed by atoms with van der Waals surface area (Å²) in [6.45, 7) is 10.4. The number of hydrogen-bond donors (Lipinski definition) is 0. The standard InChI is InChI=1S/C14H29NO2/c1-5-8-11-15(12-9-6-2)13(4)17-14(16)10-7-3/h13H,5-12H2,1-4H3. The molecule has 0 aliphatic rings. The second-order valence-electron chi connectivity index (χ2n) is 4.58. The van der Waals surface area contributed by atoms with Crippen LogP contribution in [-0.2, 0) is 9.53 Å². The minimum Gasteiger partial charge on any atom is -0.447 e. The van der Waals surface area contributed by atoms with Crippen LogP contribution in [0.1, 0.15) is 66.2 Å². The van der Waals surface area contributed by atoms with Crippen molar-refractivity contribution in [2.24, 2.45) is 0 Å². The van der Waals surface area contributed by atoms with Crippen LogP contribution in [0.2, 0.25) is 0 Å². The molecule has 0 saturated heterocycles. The summed E-state index contributed by atoms with van der Waals surface area (Å²) in [4.78, 5) is 13.7. The Hall–Kier alpha value is -0.570. The maximum atomic E-state index is 11.5. The largest absolute Gasteiger partial charge is 0.447 e. The lowest BCUT2D eigenvalue weighted by Crippen LogP contribution is -2.38. The molecule has 0 aromatic heterocycles. The number of carbonyl (C=O) groups excluding carboxylic acids is 1. The van der Waals surface area contributed by atoms with Gasteiger partial charge in [0, 0.05) is 19.5 Å². The Morgan fingerprint density at radius 2 is 1.59 bits per heavy atom. The fourth-order valence-corrected chi connectivity index (χ4v) is 1.73. The molecule has 3 nitrogen and oxygen atoms in total. The van der Waals surface area contributed by atoms with Crippen molar-refractivity contribution in [3.05, 3.63) is 0 Å². The molecule has 0 amide bonds. The van der Waals surface area contributed by atoms with E-state index in [4.69, 9.17) is 4.74 Å². The van der Waals surface area contributed by atoms with Gasteiger partial charge < -0.3 is 4.74 Å². The number of nitrogens with zero attached hydrogens (tertiary/aromatic N) is 1. The topological polar surface area (TPSA) is 29.5 Å². The summed E-state index contributed by atoms with van der Waals surface area (Å²) in [6.07, 6.45) is 6.00. The molecule has 0 spiro atoms. The molecule has 0 aliphatic heterocycles. The van der Waals surface area contributed by atoms with Crippen molar-refractivity contribution >= 4 is 5.97 Å². The second kappa shape index (κ2) is 10.6. The molecular formula is C14H29NO2. The minimum absolute atomic E-state index is 0.0713. The van der Waals surface area contributed by atoms with Gasteiger partial charge in [-0.3, -0.25) is 9.69 Å². The van der Waals surface area contributed by atoms with Gasteiger partial charge in [-0.15, -0.1) is 0 Å². The predicted molar refractivity (Wildman–Crippen MR) is 71.9 cm³/mol. The highest BCUT2D eigenvalue weighted by molar-refractivity contribution is 5.69. The van der Waals surface area contributed by atoms with Crippen LogP contribution in [0.3, 0.4) is 0 Å². The third kappa shape index (κ3) is 8.19. The maximum Gasteiger partial charge on any atom is 0.307 e. The van der Waals surface area contributed by atoms with Crippen molar-refractivity contribution in [1.82, 2.24) is 4.90 Å². The van der Waals surface area contributed by atoms with E-state index in [1.807, 2.05) is 13.8 Å². The number of rotatable bonds is 10. The molecule has 0 bridgehead atoms. The Morgan fingerprint density at radius 3 is 2.00 bits per heavy atom. The zero-order valence-corrected chi connectivity index (χ0v) is 12.0. The number of hydrogen-bond acceptors (Lipinski definition) is 3. The lowest BCUT2D eigenvalue weighted by molar-refractivity contribution is -0.157. The first kappa shape index (κ1) is 16.4. The first-order valence-corrected chi connectivity index (χ1v) is 7.09. The first-order valence-electron chi connectivity index (χ1n) is 7.09. The van der Waals surface area contributed by atoms with Crippen LogP contribution in [0.25, 0.3) is 0 Å². The van der Waals surface area contributed by atoms with Crippen molar-refractivity contribution in [2.75, 3.05) is 13.1 Å². The normalized spacial score (nSPS) is 12.8. The highest BCUT2D eigenvalue weighted by Gasteiger charge is 2.16. The predicted octanol–water partition coefficient (Wildman–Crippen LogP) is 3.58. The Balaban J connectivity index is 4.09. The van der Waals surface area contributed by atoms with Gasteiger partial charge in [0.1, 0.15) is 0 Å².